The molecular formula is C20H24N2O. The number of aryl methyl sites for hydroxylation is 1. The average Bonchev–Trinajstić information content (AvgIpc) is 2.88. The predicted octanol–water partition coefficient (Wildman–Crippen LogP) is 4.72. The predicted molar refractivity (Wildman–Crippen MR) is 95.1 cm³/mol. The van der Waals surface area contributed by atoms with Gasteiger partial charge in [0.25, 0.3) is 0 Å². The number of hydrogen-bond acceptors (Lipinski definition) is 2. The third kappa shape index (κ3) is 3.24. The zero-order valence-corrected chi connectivity index (χ0v) is 14.3. The van der Waals surface area contributed by atoms with Gasteiger partial charge in [-0.15, -0.1) is 0 Å². The molecule has 1 aromatic heterocycles. The second-order valence-corrected chi connectivity index (χ2v) is 6.94. The first-order valence-corrected chi connectivity index (χ1v) is 8.11. The van der Waals surface area contributed by atoms with Crippen molar-refractivity contribution in [2.45, 2.75) is 39.7 Å². The van der Waals surface area contributed by atoms with Crippen molar-refractivity contribution in [2.24, 2.45) is 0 Å². The molecule has 3 heteroatoms. The highest BCUT2D eigenvalue weighted by molar-refractivity contribution is 5.76. The average molecular weight is 308 g/mol. The molecule has 2 aromatic carbocycles. The zero-order valence-electron chi connectivity index (χ0n) is 14.3. The fourth-order valence-electron chi connectivity index (χ4n) is 2.84. The Labute approximate surface area is 137 Å². The van der Waals surface area contributed by atoms with Gasteiger partial charge in [-0.25, -0.2) is 4.98 Å². The van der Waals surface area contributed by atoms with Gasteiger partial charge in [-0.1, -0.05) is 51.1 Å². The van der Waals surface area contributed by atoms with E-state index >= 15 is 0 Å². The van der Waals surface area contributed by atoms with E-state index in [0.29, 0.717) is 6.61 Å². The molecule has 0 aliphatic carbocycles. The van der Waals surface area contributed by atoms with Gasteiger partial charge in [0, 0.05) is 5.41 Å². The van der Waals surface area contributed by atoms with Crippen molar-refractivity contribution in [2.75, 3.05) is 6.61 Å². The molecule has 0 fully saturated rings. The van der Waals surface area contributed by atoms with Crippen molar-refractivity contribution in [1.82, 2.24) is 9.55 Å². The van der Waals surface area contributed by atoms with Crippen LogP contribution in [0.4, 0.5) is 0 Å². The number of ether oxygens (including phenoxy) is 1. The number of imidazole rings is 1. The van der Waals surface area contributed by atoms with Crippen LogP contribution in [0, 0.1) is 6.92 Å². The fraction of sp³-hybridized carbons (Fsp3) is 0.350. The maximum atomic E-state index is 5.98. The maximum absolute atomic E-state index is 5.98. The van der Waals surface area contributed by atoms with Crippen LogP contribution in [0.15, 0.2) is 48.5 Å². The second kappa shape index (κ2) is 6.07. The van der Waals surface area contributed by atoms with Gasteiger partial charge in [0.2, 0.25) is 0 Å². The number of nitrogens with zero attached hydrogens (tertiary/aromatic N) is 2. The number of aromatic nitrogens is 2. The molecule has 23 heavy (non-hydrogen) atoms. The number of fused-ring (bicyclic) bond motifs is 1. The normalized spacial score (nSPS) is 11.8. The summed E-state index contributed by atoms with van der Waals surface area (Å²) in [4.78, 5) is 4.83. The van der Waals surface area contributed by atoms with Crippen molar-refractivity contribution in [3.8, 4) is 5.75 Å². The van der Waals surface area contributed by atoms with Crippen LogP contribution in [0.5, 0.6) is 5.75 Å². The van der Waals surface area contributed by atoms with Gasteiger partial charge in [-0.05, 0) is 30.7 Å². The number of benzene rings is 2. The Morgan fingerprint density at radius 1 is 1.00 bits per heavy atom. The van der Waals surface area contributed by atoms with Crippen molar-refractivity contribution >= 4 is 11.0 Å². The van der Waals surface area contributed by atoms with Crippen LogP contribution in [0.2, 0.25) is 0 Å². The lowest BCUT2D eigenvalue weighted by Crippen LogP contribution is -2.21. The monoisotopic (exact) mass is 308 g/mol. The van der Waals surface area contributed by atoms with Gasteiger partial charge >= 0.3 is 0 Å². The molecule has 0 spiro atoms. The zero-order chi connectivity index (χ0) is 16.4. The lowest BCUT2D eigenvalue weighted by molar-refractivity contribution is 0.293. The van der Waals surface area contributed by atoms with Crippen molar-refractivity contribution < 1.29 is 4.74 Å². The van der Waals surface area contributed by atoms with Gasteiger partial charge < -0.3 is 9.30 Å². The smallest absolute Gasteiger partial charge is 0.122 e. The van der Waals surface area contributed by atoms with Gasteiger partial charge in [0.15, 0.2) is 0 Å². The van der Waals surface area contributed by atoms with E-state index in [0.717, 1.165) is 23.6 Å². The third-order valence-corrected chi connectivity index (χ3v) is 3.99. The van der Waals surface area contributed by atoms with E-state index in [9.17, 15) is 0 Å². The lowest BCUT2D eigenvalue weighted by Gasteiger charge is -2.20. The highest BCUT2D eigenvalue weighted by Crippen LogP contribution is 2.26. The molecule has 1 heterocycles. The van der Waals surface area contributed by atoms with Crippen molar-refractivity contribution in [3.63, 3.8) is 0 Å². The highest BCUT2D eigenvalue weighted by Gasteiger charge is 2.22. The molecule has 3 nitrogen and oxygen atoms in total. The Balaban J connectivity index is 1.86. The summed E-state index contributed by atoms with van der Waals surface area (Å²) in [5, 5.41) is 0. The van der Waals surface area contributed by atoms with Gasteiger partial charge in [0.05, 0.1) is 17.6 Å². The van der Waals surface area contributed by atoms with Crippen molar-refractivity contribution in [3.05, 3.63) is 59.9 Å². The van der Waals surface area contributed by atoms with Gasteiger partial charge in [-0.2, -0.15) is 0 Å². The van der Waals surface area contributed by atoms with Gasteiger partial charge in [-0.3, -0.25) is 0 Å². The van der Waals surface area contributed by atoms with Crippen LogP contribution in [0.1, 0.15) is 32.2 Å². The van der Waals surface area contributed by atoms with Crippen LogP contribution >= 0.6 is 0 Å². The minimum Gasteiger partial charge on any atom is -0.491 e. The van der Waals surface area contributed by atoms with E-state index in [-0.39, 0.29) is 5.41 Å². The topological polar surface area (TPSA) is 27.1 Å². The molecule has 0 aliphatic rings. The summed E-state index contributed by atoms with van der Waals surface area (Å²) in [7, 11) is 0. The summed E-state index contributed by atoms with van der Waals surface area (Å²) in [5.41, 5.74) is 3.39. The Hall–Kier alpha value is -2.29. The third-order valence-electron chi connectivity index (χ3n) is 3.99. The molecule has 0 N–H and O–H groups in total. The molecule has 0 unspecified atom stereocenters. The molecule has 0 aliphatic heterocycles. The Morgan fingerprint density at radius 3 is 2.43 bits per heavy atom. The Bertz CT molecular complexity index is 812. The second-order valence-electron chi connectivity index (χ2n) is 6.94. The largest absolute Gasteiger partial charge is 0.491 e. The summed E-state index contributed by atoms with van der Waals surface area (Å²) >= 11 is 0. The first-order chi connectivity index (χ1) is 11.0. The molecule has 0 radical (unpaired) electrons. The van der Waals surface area contributed by atoms with E-state index in [1.807, 2.05) is 24.3 Å². The van der Waals surface area contributed by atoms with E-state index in [1.54, 1.807) is 0 Å². The van der Waals surface area contributed by atoms with Crippen LogP contribution in [0.3, 0.4) is 0 Å². The van der Waals surface area contributed by atoms with E-state index < -0.39 is 0 Å². The molecule has 0 saturated carbocycles. The summed E-state index contributed by atoms with van der Waals surface area (Å²) < 4.78 is 8.26. The molecule has 0 amide bonds. The molecule has 120 valence electrons. The molecule has 0 bridgehead atoms. The van der Waals surface area contributed by atoms with Crippen LogP contribution in [-0.4, -0.2) is 16.2 Å². The SMILES string of the molecule is Cc1ccccc1OCCn1c(C(C)(C)C)nc2ccccc21. The van der Waals surface area contributed by atoms with E-state index in [1.165, 1.54) is 11.1 Å². The minimum atomic E-state index is 0.00167. The number of para-hydroxylation sites is 3. The fourth-order valence-corrected chi connectivity index (χ4v) is 2.84. The standard InChI is InChI=1S/C20H24N2O/c1-15-9-5-8-12-18(15)23-14-13-22-17-11-7-6-10-16(17)21-19(22)20(2,3)4/h5-12H,13-14H2,1-4H3. The Kier molecular flexibility index (Phi) is 4.12. The maximum Gasteiger partial charge on any atom is 0.122 e. The Morgan fingerprint density at radius 2 is 1.70 bits per heavy atom. The molecule has 3 aromatic rings. The van der Waals surface area contributed by atoms with E-state index in [2.05, 4.69) is 56.5 Å². The van der Waals surface area contributed by atoms with Crippen LogP contribution in [0.25, 0.3) is 11.0 Å². The minimum absolute atomic E-state index is 0.00167. The van der Waals surface area contributed by atoms with Crippen molar-refractivity contribution in [1.29, 1.82) is 0 Å². The molecule has 0 atom stereocenters. The van der Waals surface area contributed by atoms with E-state index in [4.69, 9.17) is 9.72 Å². The molecule has 0 saturated heterocycles. The summed E-state index contributed by atoms with van der Waals surface area (Å²) in [6, 6.07) is 16.4. The van der Waals surface area contributed by atoms with Gasteiger partial charge in [0.1, 0.15) is 18.2 Å². The first-order valence-electron chi connectivity index (χ1n) is 8.11. The highest BCUT2D eigenvalue weighted by atomic mass is 16.5. The van der Waals surface area contributed by atoms with Crippen LogP contribution < -0.4 is 4.74 Å². The number of rotatable bonds is 4. The summed E-state index contributed by atoms with van der Waals surface area (Å²) in [5.74, 6) is 2.06. The summed E-state index contributed by atoms with van der Waals surface area (Å²) in [6.45, 7) is 10.1. The number of hydrogen-bond donors (Lipinski definition) is 0. The summed E-state index contributed by atoms with van der Waals surface area (Å²) in [6.07, 6.45) is 0. The first kappa shape index (κ1) is 15.6. The molecular weight excluding hydrogens is 284 g/mol. The lowest BCUT2D eigenvalue weighted by atomic mass is 9.95. The molecule has 3 rings (SSSR count). The van der Waals surface area contributed by atoms with Crippen LogP contribution in [-0.2, 0) is 12.0 Å². The quantitative estimate of drug-likeness (QED) is 0.697.